The summed E-state index contributed by atoms with van der Waals surface area (Å²) >= 11 is 0. The molecule has 94 valence electrons. The Morgan fingerprint density at radius 2 is 2.12 bits per heavy atom. The minimum Gasteiger partial charge on any atom is -0.349 e. The van der Waals surface area contributed by atoms with E-state index in [1.807, 2.05) is 25.2 Å². The van der Waals surface area contributed by atoms with Gasteiger partial charge in [0.2, 0.25) is 0 Å². The number of nitrogens with one attached hydrogen (secondary N) is 1. The van der Waals surface area contributed by atoms with Crippen molar-refractivity contribution in [1.29, 1.82) is 0 Å². The lowest BCUT2D eigenvalue weighted by molar-refractivity contribution is -0.118. The van der Waals surface area contributed by atoms with E-state index in [-0.39, 0.29) is 11.4 Å². The minimum atomic E-state index is -0.381. The molecule has 3 heteroatoms. The molecule has 0 aromatic carbocycles. The zero-order valence-electron chi connectivity index (χ0n) is 10.5. The first-order valence-electron chi connectivity index (χ1n) is 6.56. The minimum absolute atomic E-state index is 0.0320. The van der Waals surface area contributed by atoms with Crippen molar-refractivity contribution in [2.45, 2.75) is 57.0 Å². The van der Waals surface area contributed by atoms with Crippen LogP contribution in [-0.2, 0) is 4.79 Å². The summed E-state index contributed by atoms with van der Waals surface area (Å²) in [6.07, 6.45) is 12.5. The van der Waals surface area contributed by atoms with Crippen molar-refractivity contribution >= 4 is 5.91 Å². The quantitative estimate of drug-likeness (QED) is 0.768. The maximum Gasteiger partial charge on any atom is 0.251 e. The first kappa shape index (κ1) is 12.4. The molecule has 1 amide bonds. The van der Waals surface area contributed by atoms with E-state index in [2.05, 4.69) is 5.32 Å². The van der Waals surface area contributed by atoms with Crippen LogP contribution < -0.4 is 11.1 Å². The highest BCUT2D eigenvalue weighted by molar-refractivity contribution is 5.96. The number of nitrogens with two attached hydrogens (primary N) is 1. The van der Waals surface area contributed by atoms with Crippen molar-refractivity contribution in [1.82, 2.24) is 5.32 Å². The normalized spacial score (nSPS) is 29.9. The maximum atomic E-state index is 12.1. The van der Waals surface area contributed by atoms with Crippen LogP contribution in [0, 0.1) is 0 Å². The average Bonchev–Trinajstić information content (AvgIpc) is 2.29. The number of hydrogen-bond acceptors (Lipinski definition) is 2. The molecule has 1 fully saturated rings. The van der Waals surface area contributed by atoms with Gasteiger partial charge in [0.15, 0.2) is 0 Å². The Morgan fingerprint density at radius 1 is 1.41 bits per heavy atom. The number of hydrogen-bond donors (Lipinski definition) is 2. The molecule has 0 spiro atoms. The van der Waals surface area contributed by atoms with Crippen LogP contribution in [0.2, 0.25) is 0 Å². The molecule has 2 aliphatic carbocycles. The molecule has 0 unspecified atom stereocenters. The van der Waals surface area contributed by atoms with Gasteiger partial charge in [0.25, 0.3) is 5.91 Å². The van der Waals surface area contributed by atoms with Crippen LogP contribution in [0.4, 0.5) is 0 Å². The van der Waals surface area contributed by atoms with Gasteiger partial charge in [0, 0.05) is 17.2 Å². The molecule has 1 atom stereocenters. The van der Waals surface area contributed by atoms with E-state index in [9.17, 15) is 4.79 Å². The summed E-state index contributed by atoms with van der Waals surface area (Å²) in [6, 6.07) is 0.358. The third-order valence-corrected chi connectivity index (χ3v) is 3.54. The summed E-state index contributed by atoms with van der Waals surface area (Å²) in [7, 11) is 0. The van der Waals surface area contributed by atoms with Crippen molar-refractivity contribution < 1.29 is 4.79 Å². The van der Waals surface area contributed by atoms with Crippen molar-refractivity contribution in [2.75, 3.05) is 0 Å². The van der Waals surface area contributed by atoms with Crippen LogP contribution in [0.3, 0.4) is 0 Å². The number of rotatable bonds is 2. The fraction of sp³-hybridized carbons (Fsp3) is 0.643. The molecule has 1 saturated carbocycles. The second-order valence-corrected chi connectivity index (χ2v) is 5.52. The van der Waals surface area contributed by atoms with Gasteiger partial charge in [-0.15, -0.1) is 0 Å². The molecule has 3 nitrogen and oxygen atoms in total. The van der Waals surface area contributed by atoms with Gasteiger partial charge in [-0.05, 0) is 26.2 Å². The van der Waals surface area contributed by atoms with E-state index in [0.717, 1.165) is 19.3 Å². The van der Waals surface area contributed by atoms with Crippen LogP contribution in [0.5, 0.6) is 0 Å². The van der Waals surface area contributed by atoms with Gasteiger partial charge >= 0.3 is 0 Å². The summed E-state index contributed by atoms with van der Waals surface area (Å²) < 4.78 is 0. The third kappa shape index (κ3) is 3.43. The zero-order valence-corrected chi connectivity index (χ0v) is 10.5. The predicted molar refractivity (Wildman–Crippen MR) is 69.4 cm³/mol. The van der Waals surface area contributed by atoms with Crippen LogP contribution in [-0.4, -0.2) is 17.5 Å². The fourth-order valence-electron chi connectivity index (χ4n) is 2.56. The highest BCUT2D eigenvalue weighted by atomic mass is 16.1. The molecular weight excluding hydrogens is 212 g/mol. The first-order valence-corrected chi connectivity index (χ1v) is 6.56. The summed E-state index contributed by atoms with van der Waals surface area (Å²) in [5.41, 5.74) is 6.37. The largest absolute Gasteiger partial charge is 0.349 e. The smallest absolute Gasteiger partial charge is 0.251 e. The van der Waals surface area contributed by atoms with Crippen molar-refractivity contribution in [2.24, 2.45) is 5.73 Å². The fourth-order valence-corrected chi connectivity index (χ4v) is 2.56. The average molecular weight is 234 g/mol. The molecular formula is C14H22N2O. The molecule has 2 rings (SSSR count). The van der Waals surface area contributed by atoms with E-state index in [0.29, 0.717) is 11.6 Å². The van der Waals surface area contributed by atoms with Crippen molar-refractivity contribution in [3.8, 4) is 0 Å². The van der Waals surface area contributed by atoms with Crippen LogP contribution in [0.1, 0.15) is 45.4 Å². The van der Waals surface area contributed by atoms with Gasteiger partial charge in [-0.25, -0.2) is 0 Å². The molecule has 0 aliphatic heterocycles. The SMILES string of the molecule is C[C@@]1(N)C=C(C(=O)NC2CCCCC2)C=CC1. The third-order valence-electron chi connectivity index (χ3n) is 3.54. The van der Waals surface area contributed by atoms with Gasteiger partial charge < -0.3 is 11.1 Å². The van der Waals surface area contributed by atoms with Gasteiger partial charge in [0.05, 0.1) is 0 Å². The number of amides is 1. The predicted octanol–water partition coefficient (Wildman–Crippen LogP) is 2.04. The standard InChI is InChI=1S/C14H22N2O/c1-14(15)9-5-6-11(10-14)13(17)16-12-7-3-2-4-8-12/h5-6,10,12H,2-4,7-9,15H2,1H3,(H,16,17)/t14-/m0/s1. The van der Waals surface area contributed by atoms with E-state index in [4.69, 9.17) is 5.73 Å². The van der Waals surface area contributed by atoms with Crippen molar-refractivity contribution in [3.63, 3.8) is 0 Å². The monoisotopic (exact) mass is 234 g/mol. The van der Waals surface area contributed by atoms with Crippen LogP contribution in [0.25, 0.3) is 0 Å². The Balaban J connectivity index is 1.95. The summed E-state index contributed by atoms with van der Waals surface area (Å²) in [5, 5.41) is 3.11. The van der Waals surface area contributed by atoms with Crippen molar-refractivity contribution in [3.05, 3.63) is 23.8 Å². The highest BCUT2D eigenvalue weighted by Crippen LogP contribution is 2.20. The zero-order chi connectivity index (χ0) is 12.3. The topological polar surface area (TPSA) is 55.1 Å². The Kier molecular flexibility index (Phi) is 3.67. The number of carbonyl (C=O) groups excluding carboxylic acids is 1. The van der Waals surface area contributed by atoms with E-state index in [1.54, 1.807) is 0 Å². The Labute approximate surface area is 103 Å². The first-order chi connectivity index (χ1) is 8.07. The molecule has 0 saturated heterocycles. The Morgan fingerprint density at radius 3 is 2.76 bits per heavy atom. The maximum absolute atomic E-state index is 12.1. The lowest BCUT2D eigenvalue weighted by Gasteiger charge is -2.26. The molecule has 0 heterocycles. The second kappa shape index (κ2) is 5.05. The van der Waals surface area contributed by atoms with E-state index < -0.39 is 0 Å². The Bertz CT molecular complexity index is 349. The molecule has 0 aromatic heterocycles. The summed E-state index contributed by atoms with van der Waals surface area (Å²) in [6.45, 7) is 1.95. The molecule has 0 bridgehead atoms. The lowest BCUT2D eigenvalue weighted by Crippen LogP contribution is -2.40. The summed E-state index contributed by atoms with van der Waals surface area (Å²) in [4.78, 5) is 12.1. The van der Waals surface area contributed by atoms with Crippen LogP contribution in [0.15, 0.2) is 23.8 Å². The second-order valence-electron chi connectivity index (χ2n) is 5.52. The van der Waals surface area contributed by atoms with Gasteiger partial charge in [-0.1, -0.05) is 37.5 Å². The lowest BCUT2D eigenvalue weighted by atomic mass is 9.90. The number of carbonyl (C=O) groups is 1. The van der Waals surface area contributed by atoms with Crippen LogP contribution >= 0.6 is 0 Å². The Hall–Kier alpha value is -1.09. The van der Waals surface area contributed by atoms with Gasteiger partial charge in [-0.3, -0.25) is 4.79 Å². The van der Waals surface area contributed by atoms with E-state index in [1.165, 1.54) is 19.3 Å². The molecule has 17 heavy (non-hydrogen) atoms. The molecule has 3 N–H and O–H groups in total. The molecule has 0 radical (unpaired) electrons. The van der Waals surface area contributed by atoms with E-state index >= 15 is 0 Å². The van der Waals surface area contributed by atoms with Gasteiger partial charge in [-0.2, -0.15) is 0 Å². The summed E-state index contributed by atoms with van der Waals surface area (Å²) in [5.74, 6) is 0.0320. The highest BCUT2D eigenvalue weighted by Gasteiger charge is 2.22. The van der Waals surface area contributed by atoms with Gasteiger partial charge in [0.1, 0.15) is 0 Å². The molecule has 0 aromatic rings. The molecule has 2 aliphatic rings.